The highest BCUT2D eigenvalue weighted by molar-refractivity contribution is 6.01. The summed E-state index contributed by atoms with van der Waals surface area (Å²) in [5.74, 6) is 0.989. The molecule has 6 heteroatoms. The minimum atomic E-state index is -0.273. The van der Waals surface area contributed by atoms with Crippen molar-refractivity contribution in [2.24, 2.45) is 0 Å². The number of anilines is 3. The monoisotopic (exact) mass is 281 g/mol. The van der Waals surface area contributed by atoms with Crippen LogP contribution in [0.4, 0.5) is 17.2 Å². The largest absolute Gasteiger partial charge is 0.384 e. The van der Waals surface area contributed by atoms with E-state index in [1.54, 1.807) is 6.20 Å². The number of hydrogen-bond donors (Lipinski definition) is 3. The molecule has 3 heterocycles. The third-order valence-corrected chi connectivity index (χ3v) is 4.06. The van der Waals surface area contributed by atoms with E-state index in [0.29, 0.717) is 17.4 Å². The number of nitrogens with zero attached hydrogens (tertiary/aromatic N) is 2. The fourth-order valence-electron chi connectivity index (χ4n) is 3.00. The van der Waals surface area contributed by atoms with Gasteiger partial charge in [-0.1, -0.05) is 18.2 Å². The van der Waals surface area contributed by atoms with E-state index < -0.39 is 0 Å². The predicted octanol–water partition coefficient (Wildman–Crippen LogP) is 1.81. The first-order valence-electron chi connectivity index (χ1n) is 7.01. The van der Waals surface area contributed by atoms with Crippen molar-refractivity contribution in [2.75, 3.05) is 22.5 Å². The smallest absolute Gasteiger partial charge is 0.247 e. The molecule has 21 heavy (non-hydrogen) atoms. The Bertz CT molecular complexity index is 702. The van der Waals surface area contributed by atoms with Gasteiger partial charge in [-0.25, -0.2) is 9.97 Å². The highest BCUT2D eigenvalue weighted by Crippen LogP contribution is 2.35. The average Bonchev–Trinajstić information content (AvgIpc) is 2.91. The Morgan fingerprint density at radius 3 is 3.10 bits per heavy atom. The summed E-state index contributed by atoms with van der Waals surface area (Å²) in [5.41, 5.74) is 3.09. The molecule has 2 aliphatic heterocycles. The standard InChI is InChI=1S/C15H15N5O/c21-15-12(19-14-13(20-15)7-16-8-18-14)5-9-6-17-11-4-2-1-3-10(9)11/h1-4,7-9,12,17H,5-6H2,(H,20,21)(H,16,18,19). The van der Waals surface area contributed by atoms with Gasteiger partial charge < -0.3 is 16.0 Å². The van der Waals surface area contributed by atoms with Gasteiger partial charge in [0.1, 0.15) is 18.1 Å². The number of rotatable bonds is 2. The molecule has 0 saturated carbocycles. The summed E-state index contributed by atoms with van der Waals surface area (Å²) in [4.78, 5) is 20.3. The fourth-order valence-corrected chi connectivity index (χ4v) is 3.00. The zero-order chi connectivity index (χ0) is 14.2. The number of carbonyl (C=O) groups excluding carboxylic acids is 1. The first-order chi connectivity index (χ1) is 10.3. The lowest BCUT2D eigenvalue weighted by molar-refractivity contribution is -0.117. The topological polar surface area (TPSA) is 78.9 Å². The molecule has 0 fully saturated rings. The van der Waals surface area contributed by atoms with Crippen molar-refractivity contribution >= 4 is 23.1 Å². The Balaban J connectivity index is 1.55. The molecule has 106 valence electrons. The molecule has 0 spiro atoms. The molecular weight excluding hydrogens is 266 g/mol. The van der Waals surface area contributed by atoms with Gasteiger partial charge in [0, 0.05) is 18.2 Å². The van der Waals surface area contributed by atoms with Crippen LogP contribution in [0, 0.1) is 0 Å². The second-order valence-corrected chi connectivity index (χ2v) is 5.37. The Labute approximate surface area is 122 Å². The van der Waals surface area contributed by atoms with E-state index >= 15 is 0 Å². The molecule has 6 nitrogen and oxygen atoms in total. The van der Waals surface area contributed by atoms with Gasteiger partial charge in [0.15, 0.2) is 5.82 Å². The number of amides is 1. The quantitative estimate of drug-likeness (QED) is 0.782. The van der Waals surface area contributed by atoms with Gasteiger partial charge in [-0.05, 0) is 18.1 Å². The molecule has 0 saturated heterocycles. The third kappa shape index (κ3) is 2.08. The van der Waals surface area contributed by atoms with E-state index in [2.05, 4.69) is 38.1 Å². The maximum atomic E-state index is 12.2. The second kappa shape index (κ2) is 4.73. The van der Waals surface area contributed by atoms with E-state index in [-0.39, 0.29) is 11.9 Å². The maximum Gasteiger partial charge on any atom is 0.247 e. The van der Waals surface area contributed by atoms with Crippen molar-refractivity contribution in [1.82, 2.24) is 9.97 Å². The van der Waals surface area contributed by atoms with Gasteiger partial charge in [-0.15, -0.1) is 0 Å². The molecule has 2 unspecified atom stereocenters. The van der Waals surface area contributed by atoms with Crippen LogP contribution in [0.3, 0.4) is 0 Å². The number of benzene rings is 1. The molecule has 1 aromatic heterocycles. The number of nitrogens with one attached hydrogen (secondary N) is 3. The lowest BCUT2D eigenvalue weighted by Gasteiger charge is -2.27. The summed E-state index contributed by atoms with van der Waals surface area (Å²) in [6.07, 6.45) is 3.82. The van der Waals surface area contributed by atoms with Gasteiger partial charge >= 0.3 is 0 Å². The van der Waals surface area contributed by atoms with Crippen LogP contribution in [0.25, 0.3) is 0 Å². The summed E-state index contributed by atoms with van der Waals surface area (Å²) in [7, 11) is 0. The normalized spacial score (nSPS) is 22.6. The average molecular weight is 281 g/mol. The summed E-state index contributed by atoms with van der Waals surface area (Å²) in [6.45, 7) is 0.863. The van der Waals surface area contributed by atoms with Gasteiger partial charge in [0.25, 0.3) is 0 Å². The Kier molecular flexibility index (Phi) is 2.73. The van der Waals surface area contributed by atoms with E-state index in [4.69, 9.17) is 0 Å². The van der Waals surface area contributed by atoms with E-state index in [1.165, 1.54) is 17.6 Å². The second-order valence-electron chi connectivity index (χ2n) is 5.37. The molecular formula is C15H15N5O. The van der Waals surface area contributed by atoms with Crippen molar-refractivity contribution < 1.29 is 4.79 Å². The number of hydrogen-bond acceptors (Lipinski definition) is 5. The molecule has 2 aliphatic rings. The van der Waals surface area contributed by atoms with E-state index in [1.807, 2.05) is 12.1 Å². The zero-order valence-corrected chi connectivity index (χ0v) is 11.3. The highest BCUT2D eigenvalue weighted by atomic mass is 16.2. The highest BCUT2D eigenvalue weighted by Gasteiger charge is 2.31. The van der Waals surface area contributed by atoms with Crippen LogP contribution in [0.2, 0.25) is 0 Å². The van der Waals surface area contributed by atoms with Crippen molar-refractivity contribution in [3.8, 4) is 0 Å². The van der Waals surface area contributed by atoms with E-state index in [9.17, 15) is 4.79 Å². The van der Waals surface area contributed by atoms with Crippen LogP contribution >= 0.6 is 0 Å². The lowest BCUT2D eigenvalue weighted by Crippen LogP contribution is -2.40. The maximum absolute atomic E-state index is 12.2. The van der Waals surface area contributed by atoms with Crippen LogP contribution < -0.4 is 16.0 Å². The Morgan fingerprint density at radius 1 is 1.24 bits per heavy atom. The van der Waals surface area contributed by atoms with Gasteiger partial charge in [-0.3, -0.25) is 4.79 Å². The number of aromatic nitrogens is 2. The van der Waals surface area contributed by atoms with Crippen LogP contribution in [-0.2, 0) is 4.79 Å². The molecule has 4 rings (SSSR count). The molecule has 2 atom stereocenters. The van der Waals surface area contributed by atoms with Crippen LogP contribution in [0.5, 0.6) is 0 Å². The third-order valence-electron chi connectivity index (χ3n) is 4.06. The van der Waals surface area contributed by atoms with Gasteiger partial charge in [0.2, 0.25) is 5.91 Å². The van der Waals surface area contributed by atoms with Gasteiger partial charge in [0.05, 0.1) is 6.20 Å². The van der Waals surface area contributed by atoms with E-state index in [0.717, 1.165) is 13.0 Å². The predicted molar refractivity (Wildman–Crippen MR) is 80.4 cm³/mol. The summed E-state index contributed by atoms with van der Waals surface area (Å²) >= 11 is 0. The molecule has 3 N–H and O–H groups in total. The Morgan fingerprint density at radius 2 is 2.14 bits per heavy atom. The molecule has 1 amide bonds. The molecule has 2 aromatic rings. The number of para-hydroxylation sites is 1. The zero-order valence-electron chi connectivity index (χ0n) is 11.3. The minimum absolute atomic E-state index is 0.0262. The van der Waals surface area contributed by atoms with Gasteiger partial charge in [-0.2, -0.15) is 0 Å². The molecule has 1 aromatic carbocycles. The van der Waals surface area contributed by atoms with Crippen molar-refractivity contribution in [2.45, 2.75) is 18.4 Å². The summed E-state index contributed by atoms with van der Waals surface area (Å²) in [5, 5.41) is 9.46. The Hall–Kier alpha value is -2.63. The SMILES string of the molecule is O=C1Nc2cncnc2NC1CC1CNc2ccccc21. The number of fused-ring (bicyclic) bond motifs is 2. The van der Waals surface area contributed by atoms with Crippen LogP contribution in [0.1, 0.15) is 17.9 Å². The molecule has 0 bridgehead atoms. The van der Waals surface area contributed by atoms with Crippen molar-refractivity contribution in [3.05, 3.63) is 42.4 Å². The van der Waals surface area contributed by atoms with Crippen LogP contribution in [0.15, 0.2) is 36.8 Å². The molecule has 0 radical (unpaired) electrons. The number of carbonyl (C=O) groups is 1. The summed E-state index contributed by atoms with van der Waals surface area (Å²) < 4.78 is 0. The van der Waals surface area contributed by atoms with Crippen LogP contribution in [-0.4, -0.2) is 28.5 Å². The fraction of sp³-hybridized carbons (Fsp3) is 0.267. The lowest BCUT2D eigenvalue weighted by atomic mass is 9.93. The van der Waals surface area contributed by atoms with Crippen molar-refractivity contribution in [3.63, 3.8) is 0 Å². The summed E-state index contributed by atoms with van der Waals surface area (Å²) in [6, 6.07) is 7.98. The van der Waals surface area contributed by atoms with Crippen molar-refractivity contribution in [1.29, 1.82) is 0 Å². The first kappa shape index (κ1) is 12.1. The molecule has 0 aliphatic carbocycles. The first-order valence-corrected chi connectivity index (χ1v) is 7.01. The minimum Gasteiger partial charge on any atom is -0.384 e.